The second kappa shape index (κ2) is 4.98. The normalized spacial score (nSPS) is 17.8. The Morgan fingerprint density at radius 2 is 1.86 bits per heavy atom. The van der Waals surface area contributed by atoms with Crippen LogP contribution in [0.25, 0.3) is 0 Å². The van der Waals surface area contributed by atoms with Crippen LogP contribution in [0.2, 0.25) is 0 Å². The Morgan fingerprint density at radius 1 is 1.29 bits per heavy atom. The summed E-state index contributed by atoms with van der Waals surface area (Å²) in [6.07, 6.45) is 5.93. The maximum atomic E-state index is 11.0. The topological polar surface area (TPSA) is 57.6 Å². The average Bonchev–Trinajstić information content (AvgIpc) is 2.18. The highest BCUT2D eigenvalue weighted by molar-refractivity contribution is 6.31. The lowest BCUT2D eigenvalue weighted by Crippen LogP contribution is -2.37. The number of carbonyl (C=O) groups excluding carboxylic acids is 1. The Hall–Kier alpha value is -1.06. The fourth-order valence-corrected chi connectivity index (χ4v) is 2.00. The molecule has 0 saturated heterocycles. The lowest BCUT2D eigenvalue weighted by atomic mass is 9.89. The molecule has 0 spiro atoms. The minimum Gasteiger partial charge on any atom is -0.474 e. The van der Waals surface area contributed by atoms with Crippen molar-refractivity contribution in [3.05, 3.63) is 0 Å². The quantitative estimate of drug-likeness (QED) is 0.678. The molecule has 14 heavy (non-hydrogen) atoms. The van der Waals surface area contributed by atoms with E-state index in [9.17, 15) is 9.59 Å². The molecule has 0 unspecified atom stereocenters. The minimum absolute atomic E-state index is 0.497. The van der Waals surface area contributed by atoms with Crippen LogP contribution >= 0.6 is 0 Å². The van der Waals surface area contributed by atoms with E-state index in [4.69, 9.17) is 5.11 Å². The van der Waals surface area contributed by atoms with Gasteiger partial charge in [0.05, 0.1) is 0 Å². The SMILES string of the molecule is CN(CC1CCCCC1)C(=O)C(=O)O. The van der Waals surface area contributed by atoms with Gasteiger partial charge in [-0.3, -0.25) is 4.79 Å². The molecule has 80 valence electrons. The molecular formula is C10H17NO3. The number of carboxylic acids is 1. The third-order valence-electron chi connectivity index (χ3n) is 2.79. The highest BCUT2D eigenvalue weighted by Crippen LogP contribution is 2.23. The predicted octanol–water partition coefficient (Wildman–Crippen LogP) is 1.11. The van der Waals surface area contributed by atoms with Gasteiger partial charge in [0.2, 0.25) is 0 Å². The molecule has 4 heteroatoms. The lowest BCUT2D eigenvalue weighted by Gasteiger charge is -2.25. The van der Waals surface area contributed by atoms with Crippen molar-refractivity contribution < 1.29 is 14.7 Å². The smallest absolute Gasteiger partial charge is 0.394 e. The number of hydrogen-bond donors (Lipinski definition) is 1. The molecule has 0 bridgehead atoms. The zero-order valence-corrected chi connectivity index (χ0v) is 8.53. The van der Waals surface area contributed by atoms with Gasteiger partial charge in [-0.1, -0.05) is 19.3 Å². The Labute approximate surface area is 83.9 Å². The number of amides is 1. The minimum atomic E-state index is -1.36. The zero-order chi connectivity index (χ0) is 10.6. The molecule has 0 aromatic heterocycles. The summed E-state index contributed by atoms with van der Waals surface area (Å²) in [7, 11) is 1.56. The van der Waals surface area contributed by atoms with Crippen molar-refractivity contribution in [3.8, 4) is 0 Å². The van der Waals surface area contributed by atoms with E-state index in [0.29, 0.717) is 12.5 Å². The Kier molecular flexibility index (Phi) is 3.92. The van der Waals surface area contributed by atoms with Crippen molar-refractivity contribution in [1.29, 1.82) is 0 Å². The fourth-order valence-electron chi connectivity index (χ4n) is 2.00. The molecule has 0 aromatic carbocycles. The number of likely N-dealkylation sites (N-methyl/N-ethyl adjacent to an activating group) is 1. The standard InChI is InChI=1S/C10H17NO3/c1-11(9(12)10(13)14)7-8-5-3-2-4-6-8/h8H,2-7H2,1H3,(H,13,14). The number of aliphatic carboxylic acids is 1. The van der Waals surface area contributed by atoms with E-state index < -0.39 is 11.9 Å². The van der Waals surface area contributed by atoms with Crippen LogP contribution in [0.3, 0.4) is 0 Å². The summed E-state index contributed by atoms with van der Waals surface area (Å²) in [5.74, 6) is -1.66. The van der Waals surface area contributed by atoms with Gasteiger partial charge in [-0.05, 0) is 18.8 Å². The van der Waals surface area contributed by atoms with Gasteiger partial charge in [-0.15, -0.1) is 0 Å². The second-order valence-electron chi connectivity index (χ2n) is 3.99. The first kappa shape index (κ1) is 11.0. The molecule has 0 heterocycles. The van der Waals surface area contributed by atoms with Crippen molar-refractivity contribution in [2.24, 2.45) is 5.92 Å². The highest BCUT2D eigenvalue weighted by atomic mass is 16.4. The summed E-state index contributed by atoms with van der Waals surface area (Å²) < 4.78 is 0. The van der Waals surface area contributed by atoms with E-state index >= 15 is 0 Å². The van der Waals surface area contributed by atoms with E-state index in [1.165, 1.54) is 24.2 Å². The summed E-state index contributed by atoms with van der Waals surface area (Å²) in [4.78, 5) is 22.8. The van der Waals surface area contributed by atoms with E-state index in [1.807, 2.05) is 0 Å². The molecule has 0 atom stereocenters. The van der Waals surface area contributed by atoms with Crippen molar-refractivity contribution in [3.63, 3.8) is 0 Å². The van der Waals surface area contributed by atoms with Crippen LogP contribution in [0.1, 0.15) is 32.1 Å². The van der Waals surface area contributed by atoms with Crippen molar-refractivity contribution >= 4 is 11.9 Å². The summed E-state index contributed by atoms with van der Waals surface area (Å²) in [5.41, 5.74) is 0. The van der Waals surface area contributed by atoms with Gasteiger partial charge in [0.25, 0.3) is 0 Å². The number of carbonyl (C=O) groups is 2. The van der Waals surface area contributed by atoms with Gasteiger partial charge in [-0.2, -0.15) is 0 Å². The number of carboxylic acid groups (broad SMARTS) is 1. The molecular weight excluding hydrogens is 182 g/mol. The molecule has 1 N–H and O–H groups in total. The van der Waals surface area contributed by atoms with Crippen LogP contribution < -0.4 is 0 Å². The molecule has 0 aromatic rings. The summed E-state index contributed by atoms with van der Waals surface area (Å²) in [6.45, 7) is 0.588. The van der Waals surface area contributed by atoms with Gasteiger partial charge < -0.3 is 10.0 Å². The van der Waals surface area contributed by atoms with E-state index in [2.05, 4.69) is 0 Å². The summed E-state index contributed by atoms with van der Waals surface area (Å²) in [5, 5.41) is 8.49. The van der Waals surface area contributed by atoms with Gasteiger partial charge in [0.15, 0.2) is 0 Å². The van der Waals surface area contributed by atoms with Crippen LogP contribution in [-0.2, 0) is 9.59 Å². The second-order valence-corrected chi connectivity index (χ2v) is 3.99. The number of rotatable bonds is 2. The third kappa shape index (κ3) is 3.01. The van der Waals surface area contributed by atoms with Gasteiger partial charge >= 0.3 is 11.9 Å². The van der Waals surface area contributed by atoms with E-state index in [-0.39, 0.29) is 0 Å². The van der Waals surface area contributed by atoms with Gasteiger partial charge in [-0.25, -0.2) is 4.79 Å². The summed E-state index contributed by atoms with van der Waals surface area (Å²) in [6, 6.07) is 0. The van der Waals surface area contributed by atoms with Crippen LogP contribution in [0, 0.1) is 5.92 Å². The average molecular weight is 199 g/mol. The molecule has 1 amide bonds. The van der Waals surface area contributed by atoms with Gasteiger partial charge in [0, 0.05) is 13.6 Å². The third-order valence-corrected chi connectivity index (χ3v) is 2.79. The first-order chi connectivity index (χ1) is 6.61. The Morgan fingerprint density at radius 3 is 2.36 bits per heavy atom. The number of hydrogen-bond acceptors (Lipinski definition) is 2. The fraction of sp³-hybridized carbons (Fsp3) is 0.800. The van der Waals surface area contributed by atoms with Gasteiger partial charge in [0.1, 0.15) is 0 Å². The zero-order valence-electron chi connectivity index (χ0n) is 8.53. The predicted molar refractivity (Wildman–Crippen MR) is 51.8 cm³/mol. The molecule has 0 aliphatic heterocycles. The largest absolute Gasteiger partial charge is 0.474 e. The first-order valence-corrected chi connectivity index (χ1v) is 5.09. The van der Waals surface area contributed by atoms with Crippen molar-refractivity contribution in [2.45, 2.75) is 32.1 Å². The van der Waals surface area contributed by atoms with Crippen LogP contribution in [-0.4, -0.2) is 35.5 Å². The lowest BCUT2D eigenvalue weighted by molar-refractivity contribution is -0.155. The van der Waals surface area contributed by atoms with Crippen LogP contribution in [0.15, 0.2) is 0 Å². The Bertz CT molecular complexity index is 221. The molecule has 1 saturated carbocycles. The molecule has 1 fully saturated rings. The van der Waals surface area contributed by atoms with Crippen LogP contribution in [0.5, 0.6) is 0 Å². The maximum absolute atomic E-state index is 11.0. The first-order valence-electron chi connectivity index (χ1n) is 5.09. The molecule has 0 radical (unpaired) electrons. The highest BCUT2D eigenvalue weighted by Gasteiger charge is 2.21. The van der Waals surface area contributed by atoms with Crippen molar-refractivity contribution in [2.75, 3.05) is 13.6 Å². The molecule has 1 rings (SSSR count). The molecule has 1 aliphatic rings. The van der Waals surface area contributed by atoms with Crippen molar-refractivity contribution in [1.82, 2.24) is 4.90 Å². The monoisotopic (exact) mass is 199 g/mol. The molecule has 1 aliphatic carbocycles. The number of nitrogens with zero attached hydrogens (tertiary/aromatic N) is 1. The summed E-state index contributed by atoms with van der Waals surface area (Å²) >= 11 is 0. The maximum Gasteiger partial charge on any atom is 0.394 e. The van der Waals surface area contributed by atoms with E-state index in [1.54, 1.807) is 7.05 Å². The Balaban J connectivity index is 2.35. The van der Waals surface area contributed by atoms with Crippen LogP contribution in [0.4, 0.5) is 0 Å². The van der Waals surface area contributed by atoms with E-state index in [0.717, 1.165) is 12.8 Å². The molecule has 4 nitrogen and oxygen atoms in total.